The van der Waals surface area contributed by atoms with Crippen LogP contribution >= 0.6 is 0 Å². The first-order valence-electron chi connectivity index (χ1n) is 14.8. The van der Waals surface area contributed by atoms with Crippen LogP contribution in [0, 0.1) is 17.3 Å². The SMILES string of the molecule is COc1ccc(COC2=C([C@H](C)CO)[C@H]3C/C=C(\C)[C@@H](OC(C)=O)CC/C(C)=C/CC/C(C)=C/C[C@]3(C)C2=O)cc1. The summed E-state index contributed by atoms with van der Waals surface area (Å²) >= 11 is 0. The third-order valence-electron chi connectivity index (χ3n) is 8.68. The summed E-state index contributed by atoms with van der Waals surface area (Å²) < 4.78 is 17.3. The minimum Gasteiger partial charge on any atom is -0.497 e. The Morgan fingerprint density at radius 2 is 1.76 bits per heavy atom. The Bertz CT molecular complexity index is 1200. The Kier molecular flexibility index (Phi) is 11.6. The van der Waals surface area contributed by atoms with Crippen LogP contribution in [0.25, 0.3) is 0 Å². The van der Waals surface area contributed by atoms with E-state index in [4.69, 9.17) is 14.2 Å². The summed E-state index contributed by atoms with van der Waals surface area (Å²) in [4.78, 5) is 26.2. The van der Waals surface area contributed by atoms with Crippen LogP contribution in [0.4, 0.5) is 0 Å². The first-order valence-corrected chi connectivity index (χ1v) is 14.8. The monoisotopic (exact) mass is 564 g/mol. The van der Waals surface area contributed by atoms with Crippen molar-refractivity contribution in [2.75, 3.05) is 13.7 Å². The number of ether oxygens (including phenoxy) is 3. The van der Waals surface area contributed by atoms with Gasteiger partial charge in [0.05, 0.1) is 7.11 Å². The van der Waals surface area contributed by atoms with Gasteiger partial charge in [0, 0.05) is 30.8 Å². The zero-order chi connectivity index (χ0) is 30.2. The van der Waals surface area contributed by atoms with Crippen LogP contribution in [0.3, 0.4) is 0 Å². The second-order valence-electron chi connectivity index (χ2n) is 12.0. The lowest BCUT2D eigenvalue weighted by Gasteiger charge is -2.32. The molecule has 2 aliphatic rings. The first-order chi connectivity index (χ1) is 19.5. The molecular weight excluding hydrogens is 516 g/mol. The summed E-state index contributed by atoms with van der Waals surface area (Å²) in [6.07, 6.45) is 10.9. The van der Waals surface area contributed by atoms with Crippen molar-refractivity contribution in [3.63, 3.8) is 0 Å². The smallest absolute Gasteiger partial charge is 0.303 e. The Labute approximate surface area is 246 Å². The van der Waals surface area contributed by atoms with Gasteiger partial charge in [0.2, 0.25) is 5.78 Å². The number of hydrogen-bond donors (Lipinski definition) is 1. The zero-order valence-electron chi connectivity index (χ0n) is 25.9. The van der Waals surface area contributed by atoms with Crippen LogP contribution in [0.5, 0.6) is 5.75 Å². The van der Waals surface area contributed by atoms with Crippen LogP contribution in [-0.4, -0.2) is 36.7 Å². The van der Waals surface area contributed by atoms with Crippen LogP contribution in [0.15, 0.2) is 70.5 Å². The van der Waals surface area contributed by atoms with Gasteiger partial charge in [-0.3, -0.25) is 9.59 Å². The first kappa shape index (κ1) is 32.4. The molecule has 0 aromatic heterocycles. The lowest BCUT2D eigenvalue weighted by atomic mass is 9.70. The number of aliphatic hydroxyl groups is 1. The van der Waals surface area contributed by atoms with E-state index in [1.807, 2.05) is 45.0 Å². The van der Waals surface area contributed by atoms with Crippen LogP contribution in [-0.2, 0) is 25.7 Å². The van der Waals surface area contributed by atoms with Gasteiger partial charge in [-0.25, -0.2) is 0 Å². The second-order valence-corrected chi connectivity index (χ2v) is 12.0. The van der Waals surface area contributed by atoms with Crippen LogP contribution in [0.2, 0.25) is 0 Å². The average molecular weight is 565 g/mol. The molecule has 1 aromatic carbocycles. The Balaban J connectivity index is 2.04. The fourth-order valence-corrected chi connectivity index (χ4v) is 5.87. The molecule has 6 heteroatoms. The van der Waals surface area contributed by atoms with Gasteiger partial charge < -0.3 is 19.3 Å². The zero-order valence-corrected chi connectivity index (χ0v) is 25.9. The molecule has 4 atom stereocenters. The molecule has 0 saturated heterocycles. The number of fused-ring (bicyclic) bond motifs is 1. The number of aliphatic hydroxyl groups excluding tert-OH is 1. The Morgan fingerprint density at radius 1 is 1.07 bits per heavy atom. The minimum atomic E-state index is -0.727. The molecule has 1 N–H and O–H groups in total. The average Bonchev–Trinajstić information content (AvgIpc) is 3.16. The highest BCUT2D eigenvalue weighted by Crippen LogP contribution is 2.52. The van der Waals surface area contributed by atoms with Crippen molar-refractivity contribution in [3.05, 3.63) is 76.1 Å². The van der Waals surface area contributed by atoms with Gasteiger partial charge in [-0.2, -0.15) is 0 Å². The van der Waals surface area contributed by atoms with Gasteiger partial charge in [-0.1, -0.05) is 55.4 Å². The number of allylic oxidation sites excluding steroid dienone is 6. The van der Waals surface area contributed by atoms with E-state index in [-0.39, 0.29) is 42.9 Å². The molecule has 0 radical (unpaired) electrons. The fraction of sp³-hybridized carbons (Fsp3) is 0.543. The van der Waals surface area contributed by atoms with Gasteiger partial charge in [-0.15, -0.1) is 0 Å². The molecule has 0 unspecified atom stereocenters. The molecule has 6 nitrogen and oxygen atoms in total. The topological polar surface area (TPSA) is 82.1 Å². The highest BCUT2D eigenvalue weighted by molar-refractivity contribution is 6.02. The largest absolute Gasteiger partial charge is 0.497 e. The number of esters is 1. The van der Waals surface area contributed by atoms with Crippen molar-refractivity contribution in [1.82, 2.24) is 0 Å². The normalized spacial score (nSPS) is 29.0. The van der Waals surface area contributed by atoms with E-state index >= 15 is 0 Å². The van der Waals surface area contributed by atoms with Crippen molar-refractivity contribution in [2.45, 2.75) is 92.8 Å². The number of hydrogen-bond acceptors (Lipinski definition) is 6. The van der Waals surface area contributed by atoms with E-state index in [1.54, 1.807) is 7.11 Å². The predicted molar refractivity (Wildman–Crippen MR) is 162 cm³/mol. The van der Waals surface area contributed by atoms with Gasteiger partial charge >= 0.3 is 5.97 Å². The molecule has 0 spiro atoms. The lowest BCUT2D eigenvalue weighted by molar-refractivity contribution is -0.144. The molecule has 0 amide bonds. The van der Waals surface area contributed by atoms with E-state index in [0.717, 1.165) is 41.7 Å². The van der Waals surface area contributed by atoms with Gasteiger partial charge in [0.15, 0.2) is 5.76 Å². The summed E-state index contributed by atoms with van der Waals surface area (Å²) in [5, 5.41) is 10.3. The molecular formula is C35H48O6. The third kappa shape index (κ3) is 8.22. The Morgan fingerprint density at radius 3 is 2.39 bits per heavy atom. The van der Waals surface area contributed by atoms with Crippen molar-refractivity contribution in [1.29, 1.82) is 0 Å². The van der Waals surface area contributed by atoms with E-state index in [2.05, 4.69) is 32.1 Å². The number of ketones is 1. The summed E-state index contributed by atoms with van der Waals surface area (Å²) in [7, 11) is 1.63. The molecule has 2 aliphatic carbocycles. The highest BCUT2D eigenvalue weighted by atomic mass is 16.5. The van der Waals surface area contributed by atoms with Crippen molar-refractivity contribution in [3.8, 4) is 5.75 Å². The lowest BCUT2D eigenvalue weighted by Crippen LogP contribution is -2.32. The molecule has 224 valence electrons. The minimum absolute atomic E-state index is 0.0157. The maximum absolute atomic E-state index is 14.2. The molecule has 0 bridgehead atoms. The molecule has 41 heavy (non-hydrogen) atoms. The standard InChI is InChI=1S/C35H48O6/c1-23-9-8-10-24(2)19-20-35(6)30(17-12-25(3)31(18-11-23)41-27(5)37)32(26(4)21-36)33(34(35)38)40-22-28-13-15-29(39-7)16-14-28/h9,12-16,19,26,30-31,36H,8,10-11,17-18,20-22H2,1-7H3/b23-9+,24-19+,25-12+/t26-,30-,31+,35+/m1/s1. The number of benzene rings is 1. The van der Waals surface area contributed by atoms with Crippen LogP contribution in [0.1, 0.15) is 85.6 Å². The molecule has 0 saturated carbocycles. The highest BCUT2D eigenvalue weighted by Gasteiger charge is 2.52. The van der Waals surface area contributed by atoms with Gasteiger partial charge in [0.1, 0.15) is 18.5 Å². The molecule has 3 rings (SSSR count). The van der Waals surface area contributed by atoms with E-state index < -0.39 is 5.41 Å². The van der Waals surface area contributed by atoms with Crippen molar-refractivity contribution < 1.29 is 28.9 Å². The molecule has 1 aromatic rings. The number of carbonyl (C=O) groups excluding carboxylic acids is 2. The predicted octanol–water partition coefficient (Wildman–Crippen LogP) is 7.42. The number of carbonyl (C=O) groups is 2. The third-order valence-corrected chi connectivity index (χ3v) is 8.68. The van der Waals surface area contributed by atoms with Crippen molar-refractivity contribution >= 4 is 11.8 Å². The van der Waals surface area contributed by atoms with E-state index in [9.17, 15) is 14.7 Å². The fourth-order valence-electron chi connectivity index (χ4n) is 5.87. The second kappa shape index (κ2) is 14.7. The quantitative estimate of drug-likeness (QED) is 0.274. The maximum atomic E-state index is 14.2. The maximum Gasteiger partial charge on any atom is 0.303 e. The summed E-state index contributed by atoms with van der Waals surface area (Å²) in [6.45, 7) is 11.9. The van der Waals surface area contributed by atoms with Crippen molar-refractivity contribution in [2.24, 2.45) is 17.3 Å². The number of methoxy groups -OCH3 is 1. The van der Waals surface area contributed by atoms with E-state index in [1.165, 1.54) is 18.1 Å². The summed E-state index contributed by atoms with van der Waals surface area (Å²) in [5.74, 6) is 0.417. The van der Waals surface area contributed by atoms with Crippen LogP contribution < -0.4 is 4.74 Å². The number of rotatable bonds is 7. The Hall–Kier alpha value is -3.12. The molecule has 0 fully saturated rings. The molecule has 0 aliphatic heterocycles. The summed E-state index contributed by atoms with van der Waals surface area (Å²) in [6, 6.07) is 7.61. The van der Waals surface area contributed by atoms with Gasteiger partial charge in [0.25, 0.3) is 0 Å². The van der Waals surface area contributed by atoms with E-state index in [0.29, 0.717) is 25.0 Å². The summed E-state index contributed by atoms with van der Waals surface area (Å²) in [5.41, 5.74) is 4.60. The number of Topliss-reactive ketones (excluding diaryl/α,β-unsaturated/α-hetero) is 1. The van der Waals surface area contributed by atoms with Gasteiger partial charge in [-0.05, 0) is 88.1 Å². The molecule has 0 heterocycles.